The third-order valence-electron chi connectivity index (χ3n) is 4.68. The van der Waals surface area contributed by atoms with Gasteiger partial charge in [-0.2, -0.15) is 5.10 Å². The topological polar surface area (TPSA) is 76.9 Å². The van der Waals surface area contributed by atoms with E-state index in [0.29, 0.717) is 16.6 Å². The molecule has 0 saturated heterocycles. The SMILES string of the molecule is Cc1cccc(C(=O)NCc2nn(Cc3ccccn3)c(=O)c3ccccc23)c1. The fourth-order valence-electron chi connectivity index (χ4n) is 3.24. The lowest BCUT2D eigenvalue weighted by Gasteiger charge is -2.12. The standard InChI is InChI=1S/C23H20N4O2/c1-16-7-6-8-17(13-16)22(28)25-14-21-19-10-2-3-11-20(19)23(29)27(26-21)15-18-9-4-5-12-24-18/h2-13H,14-15H2,1H3,(H,25,28). The molecule has 0 saturated carbocycles. The van der Waals surface area contributed by atoms with Gasteiger partial charge in [0.2, 0.25) is 0 Å². The van der Waals surface area contributed by atoms with E-state index >= 15 is 0 Å². The van der Waals surface area contributed by atoms with Gasteiger partial charge in [0.1, 0.15) is 0 Å². The van der Waals surface area contributed by atoms with Gasteiger partial charge in [-0.3, -0.25) is 14.6 Å². The van der Waals surface area contributed by atoms with Gasteiger partial charge in [0, 0.05) is 17.1 Å². The Hall–Kier alpha value is -3.80. The van der Waals surface area contributed by atoms with Crippen LogP contribution in [-0.2, 0) is 13.1 Å². The Morgan fingerprint density at radius 2 is 1.79 bits per heavy atom. The Balaban J connectivity index is 1.67. The number of hydrogen-bond donors (Lipinski definition) is 1. The van der Waals surface area contributed by atoms with E-state index in [1.54, 1.807) is 18.3 Å². The molecule has 4 rings (SSSR count). The minimum Gasteiger partial charge on any atom is -0.346 e. The number of aryl methyl sites for hydroxylation is 1. The maximum atomic E-state index is 12.9. The fraction of sp³-hybridized carbons (Fsp3) is 0.130. The summed E-state index contributed by atoms with van der Waals surface area (Å²) in [5.41, 5.74) is 2.81. The molecule has 0 atom stereocenters. The van der Waals surface area contributed by atoms with Crippen LogP contribution in [0, 0.1) is 6.92 Å². The number of nitrogens with zero attached hydrogens (tertiary/aromatic N) is 3. The molecule has 0 fully saturated rings. The molecule has 6 heteroatoms. The van der Waals surface area contributed by atoms with Gasteiger partial charge in [0.05, 0.1) is 29.9 Å². The Morgan fingerprint density at radius 1 is 1.00 bits per heavy atom. The van der Waals surface area contributed by atoms with Gasteiger partial charge in [-0.05, 0) is 37.3 Å². The van der Waals surface area contributed by atoms with Gasteiger partial charge in [0.15, 0.2) is 0 Å². The first-order valence-electron chi connectivity index (χ1n) is 9.35. The molecule has 6 nitrogen and oxygen atoms in total. The van der Waals surface area contributed by atoms with Crippen molar-refractivity contribution in [3.8, 4) is 0 Å². The average molecular weight is 384 g/mol. The lowest BCUT2D eigenvalue weighted by atomic mass is 10.1. The van der Waals surface area contributed by atoms with Crippen LogP contribution in [-0.4, -0.2) is 20.7 Å². The molecular formula is C23H20N4O2. The average Bonchev–Trinajstić information content (AvgIpc) is 2.75. The van der Waals surface area contributed by atoms with Crippen LogP contribution in [0.5, 0.6) is 0 Å². The van der Waals surface area contributed by atoms with Crippen molar-refractivity contribution in [3.63, 3.8) is 0 Å². The zero-order valence-corrected chi connectivity index (χ0v) is 16.0. The molecule has 0 aliphatic rings. The molecule has 0 aliphatic heterocycles. The molecule has 2 aromatic heterocycles. The van der Waals surface area contributed by atoms with Gasteiger partial charge < -0.3 is 5.32 Å². The Morgan fingerprint density at radius 3 is 2.55 bits per heavy atom. The van der Waals surface area contributed by atoms with E-state index in [1.807, 2.05) is 61.5 Å². The molecular weight excluding hydrogens is 364 g/mol. The molecule has 144 valence electrons. The predicted molar refractivity (Wildman–Crippen MR) is 112 cm³/mol. The summed E-state index contributed by atoms with van der Waals surface area (Å²) < 4.78 is 1.40. The first-order valence-corrected chi connectivity index (χ1v) is 9.35. The second-order valence-electron chi connectivity index (χ2n) is 6.83. The van der Waals surface area contributed by atoms with E-state index in [9.17, 15) is 9.59 Å². The molecule has 0 radical (unpaired) electrons. The molecule has 0 aliphatic carbocycles. The molecule has 4 aromatic rings. The van der Waals surface area contributed by atoms with Gasteiger partial charge in [-0.25, -0.2) is 4.68 Å². The van der Waals surface area contributed by atoms with Gasteiger partial charge in [0.25, 0.3) is 11.5 Å². The number of fused-ring (bicyclic) bond motifs is 1. The van der Waals surface area contributed by atoms with E-state index in [1.165, 1.54) is 4.68 Å². The van der Waals surface area contributed by atoms with Crippen LogP contribution < -0.4 is 10.9 Å². The number of hydrogen-bond acceptors (Lipinski definition) is 4. The zero-order chi connectivity index (χ0) is 20.2. The van der Waals surface area contributed by atoms with Crippen molar-refractivity contribution >= 4 is 16.7 Å². The Kier molecular flexibility index (Phi) is 5.16. The monoisotopic (exact) mass is 384 g/mol. The molecule has 29 heavy (non-hydrogen) atoms. The fourth-order valence-corrected chi connectivity index (χ4v) is 3.24. The summed E-state index contributed by atoms with van der Waals surface area (Å²) in [6.45, 7) is 2.43. The quantitative estimate of drug-likeness (QED) is 0.574. The van der Waals surface area contributed by atoms with Crippen molar-refractivity contribution in [2.24, 2.45) is 0 Å². The lowest BCUT2D eigenvalue weighted by Crippen LogP contribution is -2.29. The summed E-state index contributed by atoms with van der Waals surface area (Å²) in [4.78, 5) is 29.7. The first kappa shape index (κ1) is 18.6. The second-order valence-corrected chi connectivity index (χ2v) is 6.83. The molecule has 0 bridgehead atoms. The lowest BCUT2D eigenvalue weighted by molar-refractivity contribution is 0.0950. The first-order chi connectivity index (χ1) is 14.1. The highest BCUT2D eigenvalue weighted by atomic mass is 16.1. The maximum absolute atomic E-state index is 12.9. The van der Waals surface area contributed by atoms with Crippen molar-refractivity contribution < 1.29 is 4.79 Å². The highest BCUT2D eigenvalue weighted by molar-refractivity contribution is 5.94. The third kappa shape index (κ3) is 4.06. The summed E-state index contributed by atoms with van der Waals surface area (Å²) in [6, 6.07) is 20.3. The van der Waals surface area contributed by atoms with E-state index in [-0.39, 0.29) is 24.6 Å². The van der Waals surface area contributed by atoms with Crippen LogP contribution in [0.25, 0.3) is 10.8 Å². The minimum absolute atomic E-state index is 0.179. The Bertz CT molecular complexity index is 1230. The third-order valence-corrected chi connectivity index (χ3v) is 4.68. The van der Waals surface area contributed by atoms with Crippen LogP contribution in [0.2, 0.25) is 0 Å². The van der Waals surface area contributed by atoms with E-state index in [2.05, 4.69) is 15.4 Å². The summed E-state index contributed by atoms with van der Waals surface area (Å²) in [5.74, 6) is -0.179. The van der Waals surface area contributed by atoms with E-state index in [0.717, 1.165) is 16.6 Å². The summed E-state index contributed by atoms with van der Waals surface area (Å²) in [5, 5.41) is 8.74. The van der Waals surface area contributed by atoms with Crippen molar-refractivity contribution in [1.82, 2.24) is 20.1 Å². The normalized spacial score (nSPS) is 10.8. The van der Waals surface area contributed by atoms with Crippen molar-refractivity contribution in [2.75, 3.05) is 0 Å². The number of rotatable bonds is 5. The van der Waals surface area contributed by atoms with Crippen LogP contribution in [0.15, 0.2) is 77.7 Å². The number of carbonyl (C=O) groups is 1. The number of pyridine rings is 1. The smallest absolute Gasteiger partial charge is 0.275 e. The molecule has 1 N–H and O–H groups in total. The largest absolute Gasteiger partial charge is 0.346 e. The molecule has 2 aromatic carbocycles. The van der Waals surface area contributed by atoms with Gasteiger partial charge in [-0.1, -0.05) is 42.0 Å². The number of aromatic nitrogens is 3. The number of amides is 1. The van der Waals surface area contributed by atoms with Gasteiger partial charge in [-0.15, -0.1) is 0 Å². The Labute approximate surface area is 167 Å². The van der Waals surface area contributed by atoms with Crippen molar-refractivity contribution in [1.29, 1.82) is 0 Å². The number of benzene rings is 2. The summed E-state index contributed by atoms with van der Waals surface area (Å²) in [7, 11) is 0. The number of carbonyl (C=O) groups excluding carboxylic acids is 1. The maximum Gasteiger partial charge on any atom is 0.275 e. The highest BCUT2D eigenvalue weighted by Gasteiger charge is 2.13. The molecule has 1 amide bonds. The molecule has 2 heterocycles. The minimum atomic E-state index is -0.181. The molecule has 0 spiro atoms. The van der Waals surface area contributed by atoms with E-state index in [4.69, 9.17) is 0 Å². The van der Waals surface area contributed by atoms with Crippen LogP contribution in [0.4, 0.5) is 0 Å². The number of nitrogens with one attached hydrogen (secondary N) is 1. The highest BCUT2D eigenvalue weighted by Crippen LogP contribution is 2.14. The van der Waals surface area contributed by atoms with Gasteiger partial charge >= 0.3 is 0 Å². The van der Waals surface area contributed by atoms with E-state index < -0.39 is 0 Å². The van der Waals surface area contributed by atoms with Crippen molar-refractivity contribution in [2.45, 2.75) is 20.0 Å². The van der Waals surface area contributed by atoms with Crippen LogP contribution >= 0.6 is 0 Å². The predicted octanol–water partition coefficient (Wildman–Crippen LogP) is 3.08. The second kappa shape index (κ2) is 8.06. The summed E-state index contributed by atoms with van der Waals surface area (Å²) in [6.07, 6.45) is 1.68. The van der Waals surface area contributed by atoms with Crippen molar-refractivity contribution in [3.05, 3.63) is 106 Å². The summed E-state index contributed by atoms with van der Waals surface area (Å²) >= 11 is 0. The molecule has 0 unspecified atom stereocenters. The van der Waals surface area contributed by atoms with Crippen LogP contribution in [0.1, 0.15) is 27.3 Å². The zero-order valence-electron chi connectivity index (χ0n) is 16.0. The van der Waals surface area contributed by atoms with Crippen LogP contribution in [0.3, 0.4) is 0 Å².